The number of rotatable bonds is 2. The topological polar surface area (TPSA) is 78.4 Å². The number of aromatic nitrogens is 2. The third-order valence-electron chi connectivity index (χ3n) is 4.29. The number of aromatic amines is 1. The number of benzene rings is 1. The van der Waals surface area contributed by atoms with Crippen LogP contribution in [0.1, 0.15) is 38.9 Å². The number of hydrogen-bond donors (Lipinski definition) is 2. The average Bonchev–Trinajstić information content (AvgIpc) is 2.88. The number of aromatic hydroxyl groups is 1. The van der Waals surface area contributed by atoms with Crippen LogP contribution in [-0.4, -0.2) is 45.9 Å². The average molecular weight is 315 g/mol. The molecule has 0 spiro atoms. The normalized spacial score (nSPS) is 18.2. The quantitative estimate of drug-likeness (QED) is 0.891. The minimum Gasteiger partial charge on any atom is -0.507 e. The molecule has 2 aromatic rings. The van der Waals surface area contributed by atoms with Crippen molar-refractivity contribution in [1.82, 2.24) is 15.1 Å². The monoisotopic (exact) mass is 315 g/mol. The van der Waals surface area contributed by atoms with Gasteiger partial charge < -0.3 is 14.7 Å². The lowest BCUT2D eigenvalue weighted by Gasteiger charge is -2.36. The van der Waals surface area contributed by atoms with Crippen LogP contribution in [0.4, 0.5) is 0 Å². The summed E-state index contributed by atoms with van der Waals surface area (Å²) in [6.45, 7) is 7.17. The summed E-state index contributed by atoms with van der Waals surface area (Å²) < 4.78 is 5.59. The molecule has 23 heavy (non-hydrogen) atoms. The summed E-state index contributed by atoms with van der Waals surface area (Å²) in [4.78, 5) is 14.7. The maximum absolute atomic E-state index is 13.0. The van der Waals surface area contributed by atoms with Crippen LogP contribution in [0.15, 0.2) is 18.2 Å². The van der Waals surface area contributed by atoms with Crippen LogP contribution in [0.5, 0.6) is 5.75 Å². The van der Waals surface area contributed by atoms with Crippen LogP contribution >= 0.6 is 0 Å². The van der Waals surface area contributed by atoms with E-state index in [4.69, 9.17) is 4.74 Å². The zero-order valence-electron chi connectivity index (χ0n) is 13.6. The second-order valence-corrected chi connectivity index (χ2v) is 5.96. The summed E-state index contributed by atoms with van der Waals surface area (Å²) in [6.07, 6.45) is 0. The van der Waals surface area contributed by atoms with Gasteiger partial charge in [-0.25, -0.2) is 0 Å². The second kappa shape index (κ2) is 6.04. The fourth-order valence-electron chi connectivity index (χ4n) is 3.11. The minimum atomic E-state index is -0.199. The summed E-state index contributed by atoms with van der Waals surface area (Å²) in [5.74, 6) is -0.175. The van der Waals surface area contributed by atoms with E-state index < -0.39 is 0 Å². The lowest BCUT2D eigenvalue weighted by molar-refractivity contribution is -0.00316. The van der Waals surface area contributed by atoms with Crippen LogP contribution in [0.2, 0.25) is 0 Å². The summed E-state index contributed by atoms with van der Waals surface area (Å²) in [5, 5.41) is 17.2. The number of H-pyrrole nitrogens is 1. The highest BCUT2D eigenvalue weighted by atomic mass is 16.5. The molecular weight excluding hydrogens is 294 g/mol. The van der Waals surface area contributed by atoms with Crippen molar-refractivity contribution in [2.24, 2.45) is 0 Å². The van der Waals surface area contributed by atoms with Crippen LogP contribution in [-0.2, 0) is 4.74 Å². The molecule has 0 aliphatic carbocycles. The molecule has 6 nitrogen and oxygen atoms in total. The summed E-state index contributed by atoms with van der Waals surface area (Å²) in [7, 11) is 0. The molecule has 2 N–H and O–H groups in total. The molecule has 1 aromatic heterocycles. The third kappa shape index (κ3) is 2.82. The van der Waals surface area contributed by atoms with Crippen molar-refractivity contribution >= 4 is 5.91 Å². The number of nitrogens with zero attached hydrogens (tertiary/aromatic N) is 2. The molecule has 0 saturated carbocycles. The first kappa shape index (κ1) is 15.6. The van der Waals surface area contributed by atoms with Gasteiger partial charge in [-0.05, 0) is 32.9 Å². The van der Waals surface area contributed by atoms with Gasteiger partial charge in [0.05, 0.1) is 30.5 Å². The fraction of sp³-hybridized carbons (Fsp3) is 0.412. The Labute approximate surface area is 135 Å². The van der Waals surface area contributed by atoms with Crippen LogP contribution in [0.25, 0.3) is 0 Å². The van der Waals surface area contributed by atoms with E-state index in [0.29, 0.717) is 25.3 Å². The Kier molecular flexibility index (Phi) is 4.09. The molecule has 1 atom stereocenters. The summed E-state index contributed by atoms with van der Waals surface area (Å²) >= 11 is 0. The number of morpholine rings is 1. The molecule has 1 amide bonds. The highest BCUT2D eigenvalue weighted by Crippen LogP contribution is 2.31. The largest absolute Gasteiger partial charge is 0.507 e. The number of hydrogen-bond acceptors (Lipinski definition) is 4. The summed E-state index contributed by atoms with van der Waals surface area (Å²) in [6, 6.07) is 4.87. The maximum Gasteiger partial charge on any atom is 0.258 e. The SMILES string of the molecule is Cc1ccc(O)c(C(=O)N2CCOCC2c2c(C)n[nH]c2C)c1. The highest BCUT2D eigenvalue weighted by Gasteiger charge is 2.33. The number of phenols is 1. The molecular formula is C17H21N3O3. The molecule has 1 fully saturated rings. The molecule has 6 heteroatoms. The first-order valence-corrected chi connectivity index (χ1v) is 7.69. The van der Waals surface area contributed by atoms with Gasteiger partial charge in [0.25, 0.3) is 5.91 Å². The number of ether oxygens (including phenoxy) is 1. The van der Waals surface area contributed by atoms with E-state index >= 15 is 0 Å². The van der Waals surface area contributed by atoms with E-state index in [9.17, 15) is 9.90 Å². The molecule has 122 valence electrons. The van der Waals surface area contributed by atoms with Gasteiger partial charge in [0.1, 0.15) is 5.75 Å². The number of carbonyl (C=O) groups is 1. The smallest absolute Gasteiger partial charge is 0.258 e. The number of aryl methyl sites for hydroxylation is 3. The predicted octanol–water partition coefficient (Wildman–Crippen LogP) is 2.25. The Morgan fingerprint density at radius 3 is 2.87 bits per heavy atom. The first-order valence-electron chi connectivity index (χ1n) is 7.69. The summed E-state index contributed by atoms with van der Waals surface area (Å²) in [5.41, 5.74) is 4.06. The van der Waals surface area contributed by atoms with E-state index in [1.54, 1.807) is 23.1 Å². The van der Waals surface area contributed by atoms with Gasteiger partial charge in [-0.1, -0.05) is 11.6 Å². The van der Waals surface area contributed by atoms with Crippen molar-refractivity contribution in [2.75, 3.05) is 19.8 Å². The van der Waals surface area contributed by atoms with Crippen LogP contribution in [0, 0.1) is 20.8 Å². The molecule has 1 unspecified atom stereocenters. The minimum absolute atomic E-state index is 0.00600. The van der Waals surface area contributed by atoms with E-state index in [2.05, 4.69) is 10.2 Å². The van der Waals surface area contributed by atoms with Crippen molar-refractivity contribution in [2.45, 2.75) is 26.8 Å². The number of amides is 1. The van der Waals surface area contributed by atoms with Crippen molar-refractivity contribution in [3.05, 3.63) is 46.3 Å². The van der Waals surface area contributed by atoms with Gasteiger partial charge in [-0.15, -0.1) is 0 Å². The predicted molar refractivity (Wildman–Crippen MR) is 85.5 cm³/mol. The number of nitrogens with one attached hydrogen (secondary N) is 1. The maximum atomic E-state index is 13.0. The zero-order valence-corrected chi connectivity index (χ0v) is 13.6. The zero-order chi connectivity index (χ0) is 16.6. The highest BCUT2D eigenvalue weighted by molar-refractivity contribution is 5.97. The van der Waals surface area contributed by atoms with E-state index in [1.165, 1.54) is 0 Å². The van der Waals surface area contributed by atoms with Crippen LogP contribution < -0.4 is 0 Å². The van der Waals surface area contributed by atoms with Crippen molar-refractivity contribution < 1.29 is 14.6 Å². The van der Waals surface area contributed by atoms with Gasteiger partial charge >= 0.3 is 0 Å². The number of phenolic OH excluding ortho intramolecular Hbond substituents is 1. The standard InChI is InChI=1S/C17H21N3O3/c1-10-4-5-15(21)13(8-10)17(22)20-6-7-23-9-14(20)16-11(2)18-19-12(16)3/h4-5,8,14,21H,6-7,9H2,1-3H3,(H,18,19). The fourth-order valence-corrected chi connectivity index (χ4v) is 3.11. The van der Waals surface area contributed by atoms with Gasteiger partial charge in [-0.2, -0.15) is 5.10 Å². The second-order valence-electron chi connectivity index (χ2n) is 5.96. The Bertz CT molecular complexity index is 719. The van der Waals surface area contributed by atoms with Crippen molar-refractivity contribution in [1.29, 1.82) is 0 Å². The lowest BCUT2D eigenvalue weighted by atomic mass is 10.0. The Hall–Kier alpha value is -2.34. The number of carbonyl (C=O) groups excluding carboxylic acids is 1. The van der Waals surface area contributed by atoms with Crippen molar-refractivity contribution in [3.63, 3.8) is 0 Å². The van der Waals surface area contributed by atoms with E-state index in [1.807, 2.05) is 20.8 Å². The van der Waals surface area contributed by atoms with Crippen molar-refractivity contribution in [3.8, 4) is 5.75 Å². The van der Waals surface area contributed by atoms with Gasteiger partial charge in [0.2, 0.25) is 0 Å². The first-order chi connectivity index (χ1) is 11.0. The van der Waals surface area contributed by atoms with Crippen LogP contribution in [0.3, 0.4) is 0 Å². The molecule has 1 saturated heterocycles. The molecule has 1 aliphatic heterocycles. The van der Waals surface area contributed by atoms with E-state index in [-0.39, 0.29) is 17.7 Å². The van der Waals surface area contributed by atoms with Gasteiger partial charge in [-0.3, -0.25) is 9.89 Å². The Morgan fingerprint density at radius 1 is 1.39 bits per heavy atom. The third-order valence-corrected chi connectivity index (χ3v) is 4.29. The molecule has 1 aromatic carbocycles. The molecule has 0 radical (unpaired) electrons. The van der Waals surface area contributed by atoms with Gasteiger partial charge in [0, 0.05) is 17.8 Å². The van der Waals surface area contributed by atoms with Gasteiger partial charge in [0.15, 0.2) is 0 Å². The molecule has 0 bridgehead atoms. The van der Waals surface area contributed by atoms with E-state index in [0.717, 1.165) is 22.5 Å². The Morgan fingerprint density at radius 2 is 2.17 bits per heavy atom. The molecule has 2 heterocycles. The molecule has 1 aliphatic rings. The lowest BCUT2D eigenvalue weighted by Crippen LogP contribution is -2.43. The Balaban J connectivity index is 1.99. The molecule has 3 rings (SSSR count).